The van der Waals surface area contributed by atoms with Gasteiger partial charge >= 0.3 is 0 Å². The minimum Gasteiger partial charge on any atom is -0.412 e. The second-order valence-electron chi connectivity index (χ2n) is 0. The molecule has 0 aliphatic heterocycles. The number of hydrogen-bond acceptors (Lipinski definition) is 0. The summed E-state index contributed by atoms with van der Waals surface area (Å²) in [5.41, 5.74) is 0. The van der Waals surface area contributed by atoms with Crippen molar-refractivity contribution in [1.82, 2.24) is 0 Å². The van der Waals surface area contributed by atoms with Crippen molar-refractivity contribution in [3.8, 4) is 0 Å². The Bertz CT molecular complexity index is 6.00. The Morgan fingerprint density at radius 1 is 0.750 bits per heavy atom. The average molecular weight is 127 g/mol. The smallest absolute Gasteiger partial charge is 0 e. The fourth-order valence-corrected chi connectivity index (χ4v) is 0. The molecule has 0 aromatic rings. The molecule has 4 heavy (non-hydrogen) atoms. The number of halogens is 1. The number of rotatable bonds is 0. The van der Waals surface area contributed by atoms with Crippen LogP contribution in [0.25, 0.3) is 0 Å². The summed E-state index contributed by atoms with van der Waals surface area (Å²) in [6, 6.07) is 0. The first-order valence-corrected chi connectivity index (χ1v) is 0. The van der Waals surface area contributed by atoms with E-state index in [4.69, 9.17) is 0 Å². The van der Waals surface area contributed by atoms with Gasteiger partial charge in [-0.25, -0.2) is 0 Å². The van der Waals surface area contributed by atoms with Gasteiger partial charge in [-0.05, 0) is 0 Å². The van der Waals surface area contributed by atoms with Crippen molar-refractivity contribution in [2.24, 2.45) is 0 Å². The van der Waals surface area contributed by atoms with Gasteiger partial charge in [0, 0.05) is 17.1 Å². The molecule has 0 unspecified atom stereocenters. The van der Waals surface area contributed by atoms with Gasteiger partial charge in [-0.2, -0.15) is 0 Å². The first-order valence-electron chi connectivity index (χ1n) is 0. The standard InChI is InChI=1S/ClH.Mn.2H2O/h1H;;2*1H2. The van der Waals surface area contributed by atoms with Crippen molar-refractivity contribution in [2.45, 2.75) is 0 Å². The summed E-state index contributed by atoms with van der Waals surface area (Å²) >= 11 is 0. The van der Waals surface area contributed by atoms with E-state index in [1.54, 1.807) is 0 Å². The second-order valence-corrected chi connectivity index (χ2v) is 0. The van der Waals surface area contributed by atoms with Crippen LogP contribution in [0.15, 0.2) is 0 Å². The minimum atomic E-state index is 0. The van der Waals surface area contributed by atoms with Crippen LogP contribution < -0.4 is 0 Å². The summed E-state index contributed by atoms with van der Waals surface area (Å²) < 4.78 is 0. The topological polar surface area (TPSA) is 63.0 Å². The molecular formula is H5ClMnO2. The Hall–Kier alpha value is 0.729. The molecule has 0 amide bonds. The summed E-state index contributed by atoms with van der Waals surface area (Å²) in [5, 5.41) is 0. The third-order valence-corrected chi connectivity index (χ3v) is 0. The largest absolute Gasteiger partial charge is 0.412 e. The molecule has 4 N–H and O–H groups in total. The van der Waals surface area contributed by atoms with E-state index in [0.717, 1.165) is 0 Å². The first kappa shape index (κ1) is 124. The van der Waals surface area contributed by atoms with E-state index >= 15 is 0 Å². The summed E-state index contributed by atoms with van der Waals surface area (Å²) in [7, 11) is 0. The molecule has 1 radical (unpaired) electrons. The predicted molar refractivity (Wildman–Crippen MR) is 14.5 cm³/mol. The molecular weight excluding hydrogens is 122 g/mol. The van der Waals surface area contributed by atoms with E-state index in [1.807, 2.05) is 0 Å². The molecule has 0 atom stereocenters. The van der Waals surface area contributed by atoms with Gasteiger partial charge in [0.25, 0.3) is 0 Å². The van der Waals surface area contributed by atoms with E-state index in [2.05, 4.69) is 0 Å². The fraction of sp³-hybridized carbons (Fsp3) is 0. The minimum absolute atomic E-state index is 0. The van der Waals surface area contributed by atoms with E-state index < -0.39 is 0 Å². The third kappa shape index (κ3) is 15.3. The van der Waals surface area contributed by atoms with Crippen molar-refractivity contribution < 1.29 is 28.0 Å². The van der Waals surface area contributed by atoms with Crippen LogP contribution in [0.5, 0.6) is 0 Å². The maximum atomic E-state index is 0. The molecule has 0 spiro atoms. The van der Waals surface area contributed by atoms with Crippen molar-refractivity contribution in [3.63, 3.8) is 0 Å². The molecule has 0 aliphatic carbocycles. The molecule has 31 valence electrons. The first-order chi connectivity index (χ1) is 0. The Labute approximate surface area is 41.1 Å². The normalized spacial score (nSPS) is 0. The number of hydrogen-bond donors (Lipinski definition) is 0. The predicted octanol–water partition coefficient (Wildman–Crippen LogP) is -1.23. The maximum Gasteiger partial charge on any atom is 0 e. The summed E-state index contributed by atoms with van der Waals surface area (Å²) in [4.78, 5) is 0. The van der Waals surface area contributed by atoms with E-state index in [1.165, 1.54) is 0 Å². The second kappa shape index (κ2) is 52.2. The Balaban J connectivity index is 0. The zero-order valence-electron chi connectivity index (χ0n) is 1.79. The van der Waals surface area contributed by atoms with Crippen molar-refractivity contribution >= 4 is 12.4 Å². The van der Waals surface area contributed by atoms with Gasteiger partial charge < -0.3 is 11.0 Å². The third-order valence-electron chi connectivity index (χ3n) is 0. The molecule has 0 heterocycles. The van der Waals surface area contributed by atoms with Crippen molar-refractivity contribution in [3.05, 3.63) is 0 Å². The monoisotopic (exact) mass is 127 g/mol. The van der Waals surface area contributed by atoms with Crippen LogP contribution in [0.3, 0.4) is 0 Å². The molecule has 0 aromatic carbocycles. The molecule has 0 aromatic heterocycles. The van der Waals surface area contributed by atoms with Gasteiger partial charge in [0.15, 0.2) is 0 Å². The van der Waals surface area contributed by atoms with Crippen LogP contribution in [-0.2, 0) is 17.1 Å². The Morgan fingerprint density at radius 2 is 0.750 bits per heavy atom. The van der Waals surface area contributed by atoms with Crippen LogP contribution in [0.1, 0.15) is 0 Å². The molecule has 0 saturated heterocycles. The molecule has 2 nitrogen and oxygen atoms in total. The van der Waals surface area contributed by atoms with Crippen LogP contribution in [0.4, 0.5) is 0 Å². The van der Waals surface area contributed by atoms with E-state index in [0.29, 0.717) is 0 Å². The molecule has 0 bridgehead atoms. The van der Waals surface area contributed by atoms with E-state index in [-0.39, 0.29) is 40.4 Å². The van der Waals surface area contributed by atoms with Gasteiger partial charge in [-0.3, -0.25) is 0 Å². The summed E-state index contributed by atoms with van der Waals surface area (Å²) in [6.45, 7) is 0. The van der Waals surface area contributed by atoms with Gasteiger partial charge in [-0.1, -0.05) is 0 Å². The molecule has 0 fully saturated rings. The van der Waals surface area contributed by atoms with E-state index in [9.17, 15) is 0 Å². The zero-order chi connectivity index (χ0) is 0. The van der Waals surface area contributed by atoms with Crippen molar-refractivity contribution in [2.75, 3.05) is 0 Å². The Morgan fingerprint density at radius 3 is 0.750 bits per heavy atom. The molecule has 4 heteroatoms. The van der Waals surface area contributed by atoms with Crippen LogP contribution in [0.2, 0.25) is 0 Å². The van der Waals surface area contributed by atoms with Crippen LogP contribution >= 0.6 is 12.4 Å². The summed E-state index contributed by atoms with van der Waals surface area (Å²) in [6.07, 6.45) is 0. The van der Waals surface area contributed by atoms with Crippen molar-refractivity contribution in [1.29, 1.82) is 0 Å². The van der Waals surface area contributed by atoms with Gasteiger partial charge in [0.1, 0.15) is 0 Å². The van der Waals surface area contributed by atoms with Gasteiger partial charge in [0.05, 0.1) is 0 Å². The fourth-order valence-electron chi connectivity index (χ4n) is 0. The zero-order valence-corrected chi connectivity index (χ0v) is 3.78. The molecule has 0 saturated carbocycles. The quantitative estimate of drug-likeness (QED) is 0.366. The van der Waals surface area contributed by atoms with Crippen LogP contribution in [0, 0.1) is 0 Å². The molecule has 0 aliphatic rings. The maximum absolute atomic E-state index is 0. The summed E-state index contributed by atoms with van der Waals surface area (Å²) in [5.74, 6) is 0. The van der Waals surface area contributed by atoms with Gasteiger partial charge in [-0.15, -0.1) is 12.4 Å². The van der Waals surface area contributed by atoms with Crippen LogP contribution in [-0.4, -0.2) is 11.0 Å². The Kier molecular flexibility index (Phi) is 1610. The SMILES string of the molecule is Cl.O.O.[Mn]. The molecule has 0 rings (SSSR count). The van der Waals surface area contributed by atoms with Gasteiger partial charge in [0.2, 0.25) is 0 Å². The average Bonchev–Trinajstić information content (AvgIpc) is 0.